The Kier molecular flexibility index (Phi) is 3.21. The molecule has 16 heavy (non-hydrogen) atoms. The van der Waals surface area contributed by atoms with Gasteiger partial charge in [0, 0.05) is 5.56 Å². The second-order valence-corrected chi connectivity index (χ2v) is 4.57. The standard InChI is InChI=1S/C11H10BrClN2O/c1-6-3-9(16-2)8(13)4-7(6)10-11(12)15-5-14-10/h3-5H,1-2H3,(H,14,15). The normalized spacial score (nSPS) is 10.5. The molecule has 0 saturated heterocycles. The number of halogens is 2. The average Bonchev–Trinajstić information content (AvgIpc) is 2.67. The number of hydrogen-bond acceptors (Lipinski definition) is 2. The van der Waals surface area contributed by atoms with E-state index in [4.69, 9.17) is 16.3 Å². The number of rotatable bonds is 2. The smallest absolute Gasteiger partial charge is 0.137 e. The molecule has 84 valence electrons. The Bertz CT molecular complexity index is 525. The summed E-state index contributed by atoms with van der Waals surface area (Å²) in [4.78, 5) is 7.22. The third-order valence-electron chi connectivity index (χ3n) is 2.35. The van der Waals surface area contributed by atoms with Crippen LogP contribution in [-0.4, -0.2) is 17.1 Å². The predicted octanol–water partition coefficient (Wildman–Crippen LogP) is 3.81. The van der Waals surface area contributed by atoms with Gasteiger partial charge in [0.15, 0.2) is 0 Å². The quantitative estimate of drug-likeness (QED) is 0.916. The SMILES string of the molecule is COc1cc(C)c(-c2nc[nH]c2Br)cc1Cl. The Balaban J connectivity index is 2.59. The molecule has 2 aromatic rings. The number of hydrogen-bond donors (Lipinski definition) is 1. The second-order valence-electron chi connectivity index (χ2n) is 3.37. The molecule has 0 unspecified atom stereocenters. The lowest BCUT2D eigenvalue weighted by atomic mass is 10.1. The Hall–Kier alpha value is -1.00. The van der Waals surface area contributed by atoms with Crippen LogP contribution >= 0.6 is 27.5 Å². The van der Waals surface area contributed by atoms with E-state index in [1.165, 1.54) is 0 Å². The minimum absolute atomic E-state index is 0.581. The van der Waals surface area contributed by atoms with E-state index < -0.39 is 0 Å². The van der Waals surface area contributed by atoms with Crippen molar-refractivity contribution in [3.8, 4) is 17.0 Å². The topological polar surface area (TPSA) is 37.9 Å². The summed E-state index contributed by atoms with van der Waals surface area (Å²) < 4.78 is 6.00. The van der Waals surface area contributed by atoms with Crippen LogP contribution in [0, 0.1) is 6.92 Å². The number of imidazole rings is 1. The van der Waals surface area contributed by atoms with Gasteiger partial charge >= 0.3 is 0 Å². The zero-order valence-electron chi connectivity index (χ0n) is 8.84. The molecule has 1 N–H and O–H groups in total. The van der Waals surface area contributed by atoms with E-state index in [9.17, 15) is 0 Å². The first-order chi connectivity index (χ1) is 7.63. The maximum atomic E-state index is 6.09. The number of aromatic nitrogens is 2. The number of aromatic amines is 1. The van der Waals surface area contributed by atoms with Crippen LogP contribution in [0.2, 0.25) is 5.02 Å². The van der Waals surface area contributed by atoms with Crippen molar-refractivity contribution in [1.82, 2.24) is 9.97 Å². The van der Waals surface area contributed by atoms with Crippen LogP contribution in [0.4, 0.5) is 0 Å². The highest BCUT2D eigenvalue weighted by Gasteiger charge is 2.12. The second kappa shape index (κ2) is 4.47. The average molecular weight is 302 g/mol. The van der Waals surface area contributed by atoms with E-state index in [0.717, 1.165) is 21.4 Å². The molecule has 0 bridgehead atoms. The van der Waals surface area contributed by atoms with Crippen LogP contribution in [0.15, 0.2) is 23.1 Å². The highest BCUT2D eigenvalue weighted by Crippen LogP contribution is 2.34. The summed E-state index contributed by atoms with van der Waals surface area (Å²) in [5.41, 5.74) is 2.90. The fourth-order valence-electron chi connectivity index (χ4n) is 1.53. The molecule has 0 radical (unpaired) electrons. The Labute approximate surface area is 107 Å². The van der Waals surface area contributed by atoms with E-state index in [-0.39, 0.29) is 0 Å². The third kappa shape index (κ3) is 1.95. The van der Waals surface area contributed by atoms with Crippen molar-refractivity contribution >= 4 is 27.5 Å². The van der Waals surface area contributed by atoms with Crippen LogP contribution in [0.3, 0.4) is 0 Å². The van der Waals surface area contributed by atoms with Gasteiger partial charge in [-0.25, -0.2) is 4.98 Å². The van der Waals surface area contributed by atoms with Gasteiger partial charge in [-0.3, -0.25) is 0 Å². The van der Waals surface area contributed by atoms with Gasteiger partial charge in [-0.1, -0.05) is 11.6 Å². The Morgan fingerprint density at radius 3 is 2.75 bits per heavy atom. The number of benzene rings is 1. The molecule has 2 rings (SSSR count). The summed E-state index contributed by atoms with van der Waals surface area (Å²) in [6.07, 6.45) is 1.64. The molecule has 0 aliphatic rings. The molecule has 1 heterocycles. The van der Waals surface area contributed by atoms with Gasteiger partial charge in [0.2, 0.25) is 0 Å². The minimum atomic E-state index is 0.581. The van der Waals surface area contributed by atoms with Crippen molar-refractivity contribution in [2.75, 3.05) is 7.11 Å². The number of ether oxygens (including phenoxy) is 1. The van der Waals surface area contributed by atoms with Crippen LogP contribution in [0.25, 0.3) is 11.3 Å². The summed E-state index contributed by atoms with van der Waals surface area (Å²) in [7, 11) is 1.60. The lowest BCUT2D eigenvalue weighted by Crippen LogP contribution is -1.89. The predicted molar refractivity (Wildman–Crippen MR) is 68.0 cm³/mol. The van der Waals surface area contributed by atoms with Gasteiger partial charge < -0.3 is 9.72 Å². The zero-order valence-corrected chi connectivity index (χ0v) is 11.2. The van der Waals surface area contributed by atoms with Gasteiger partial charge in [-0.05, 0) is 40.5 Å². The lowest BCUT2D eigenvalue weighted by molar-refractivity contribution is 0.415. The lowest BCUT2D eigenvalue weighted by Gasteiger charge is -2.08. The van der Waals surface area contributed by atoms with Crippen LogP contribution < -0.4 is 4.74 Å². The van der Waals surface area contributed by atoms with Crippen LogP contribution in [0.1, 0.15) is 5.56 Å². The van der Waals surface area contributed by atoms with Crippen molar-refractivity contribution < 1.29 is 4.74 Å². The van der Waals surface area contributed by atoms with E-state index in [2.05, 4.69) is 25.9 Å². The molecular weight excluding hydrogens is 291 g/mol. The first-order valence-electron chi connectivity index (χ1n) is 4.67. The highest BCUT2D eigenvalue weighted by atomic mass is 79.9. The fourth-order valence-corrected chi connectivity index (χ4v) is 2.19. The van der Waals surface area contributed by atoms with Gasteiger partial charge in [0.25, 0.3) is 0 Å². The highest BCUT2D eigenvalue weighted by molar-refractivity contribution is 9.10. The van der Waals surface area contributed by atoms with Crippen molar-refractivity contribution in [3.05, 3.63) is 33.6 Å². The number of methoxy groups -OCH3 is 1. The van der Waals surface area contributed by atoms with Gasteiger partial charge in [0.05, 0.1) is 18.5 Å². The fraction of sp³-hybridized carbons (Fsp3) is 0.182. The molecule has 0 spiro atoms. The first-order valence-corrected chi connectivity index (χ1v) is 5.84. The first kappa shape index (κ1) is 11.5. The number of nitrogens with one attached hydrogen (secondary N) is 1. The van der Waals surface area contributed by atoms with Crippen LogP contribution in [0.5, 0.6) is 5.75 Å². The van der Waals surface area contributed by atoms with E-state index in [0.29, 0.717) is 10.8 Å². The third-order valence-corrected chi connectivity index (χ3v) is 3.25. The van der Waals surface area contributed by atoms with Gasteiger partial charge in [0.1, 0.15) is 16.0 Å². The molecular formula is C11H10BrClN2O. The van der Waals surface area contributed by atoms with Crippen LogP contribution in [-0.2, 0) is 0 Å². The minimum Gasteiger partial charge on any atom is -0.495 e. The molecule has 0 aliphatic heterocycles. The molecule has 3 nitrogen and oxygen atoms in total. The molecule has 0 amide bonds. The maximum absolute atomic E-state index is 6.09. The van der Waals surface area contributed by atoms with E-state index in [1.807, 2.05) is 19.1 Å². The number of H-pyrrole nitrogens is 1. The van der Waals surface area contributed by atoms with Gasteiger partial charge in [-0.15, -0.1) is 0 Å². The summed E-state index contributed by atoms with van der Waals surface area (Å²) in [5.74, 6) is 0.676. The largest absolute Gasteiger partial charge is 0.495 e. The Morgan fingerprint density at radius 2 is 2.19 bits per heavy atom. The van der Waals surface area contributed by atoms with Crippen molar-refractivity contribution in [3.63, 3.8) is 0 Å². The molecule has 0 aliphatic carbocycles. The molecule has 1 aromatic carbocycles. The summed E-state index contributed by atoms with van der Waals surface area (Å²) >= 11 is 9.50. The monoisotopic (exact) mass is 300 g/mol. The molecule has 1 aromatic heterocycles. The number of nitrogens with zero attached hydrogens (tertiary/aromatic N) is 1. The zero-order chi connectivity index (χ0) is 11.7. The number of aryl methyl sites for hydroxylation is 1. The molecule has 0 fully saturated rings. The van der Waals surface area contributed by atoms with Crippen molar-refractivity contribution in [2.24, 2.45) is 0 Å². The molecule has 0 saturated carbocycles. The van der Waals surface area contributed by atoms with E-state index >= 15 is 0 Å². The summed E-state index contributed by atoms with van der Waals surface area (Å²) in [5, 5.41) is 0.581. The summed E-state index contributed by atoms with van der Waals surface area (Å²) in [6.45, 7) is 2.00. The maximum Gasteiger partial charge on any atom is 0.137 e. The molecule has 0 atom stereocenters. The summed E-state index contributed by atoms with van der Waals surface area (Å²) in [6, 6.07) is 3.76. The van der Waals surface area contributed by atoms with E-state index in [1.54, 1.807) is 13.4 Å². The Morgan fingerprint density at radius 1 is 1.44 bits per heavy atom. The molecule has 5 heteroatoms. The van der Waals surface area contributed by atoms with Gasteiger partial charge in [-0.2, -0.15) is 0 Å². The van der Waals surface area contributed by atoms with Crippen molar-refractivity contribution in [1.29, 1.82) is 0 Å². The van der Waals surface area contributed by atoms with Crippen molar-refractivity contribution in [2.45, 2.75) is 6.92 Å².